The lowest BCUT2D eigenvalue weighted by Crippen LogP contribution is -2.22. The monoisotopic (exact) mass is 553 g/mol. The summed E-state index contributed by atoms with van der Waals surface area (Å²) in [5.74, 6) is 6.17. The van der Waals surface area contributed by atoms with Crippen molar-refractivity contribution in [1.29, 1.82) is 0 Å². The van der Waals surface area contributed by atoms with Crippen LogP contribution in [-0.2, 0) is 0 Å². The molecule has 0 amide bonds. The smallest absolute Gasteiger partial charge is 0.0354 e. The maximum Gasteiger partial charge on any atom is -0.0354 e. The molecule has 0 saturated carbocycles. The summed E-state index contributed by atoms with van der Waals surface area (Å²) >= 11 is 0. The Morgan fingerprint density at radius 3 is 0.846 bits per heavy atom. The SMILES string of the molecule is CC(C)CCC(CC(C)C)C(C)(C)C.CC(C)CCCC(C)C.CC(C)CCCCCCCCCCC(C)C. The molecule has 1 atom stereocenters. The molecule has 0 bridgehead atoms. The molecular weight excluding hydrogens is 468 g/mol. The summed E-state index contributed by atoms with van der Waals surface area (Å²) in [7, 11) is 0. The van der Waals surface area contributed by atoms with Crippen molar-refractivity contribution >= 4 is 0 Å². The van der Waals surface area contributed by atoms with Gasteiger partial charge in [0.1, 0.15) is 0 Å². The Morgan fingerprint density at radius 1 is 0.308 bits per heavy atom. The van der Waals surface area contributed by atoms with Gasteiger partial charge >= 0.3 is 0 Å². The summed E-state index contributed by atoms with van der Waals surface area (Å²) in [6, 6.07) is 0. The van der Waals surface area contributed by atoms with Gasteiger partial charge in [0.2, 0.25) is 0 Å². The Balaban J connectivity index is -0.000000518. The minimum Gasteiger partial charge on any atom is -0.0628 e. The summed E-state index contributed by atoms with van der Waals surface area (Å²) in [6.45, 7) is 35.0. The van der Waals surface area contributed by atoms with Gasteiger partial charge in [0.25, 0.3) is 0 Å². The Hall–Kier alpha value is 0. The van der Waals surface area contributed by atoms with E-state index in [1.54, 1.807) is 0 Å². The molecule has 240 valence electrons. The van der Waals surface area contributed by atoms with Gasteiger partial charge in [-0.3, -0.25) is 0 Å². The van der Waals surface area contributed by atoms with Crippen molar-refractivity contribution in [2.45, 2.75) is 207 Å². The third kappa shape index (κ3) is 42.6. The lowest BCUT2D eigenvalue weighted by Gasteiger charge is -2.32. The van der Waals surface area contributed by atoms with Crippen molar-refractivity contribution < 1.29 is 0 Å². The summed E-state index contributed by atoms with van der Waals surface area (Å²) < 4.78 is 0. The van der Waals surface area contributed by atoms with Crippen LogP contribution in [0.3, 0.4) is 0 Å². The highest BCUT2D eigenvalue weighted by Crippen LogP contribution is 2.35. The normalized spacial score (nSPS) is 12.8. The number of unbranched alkanes of at least 4 members (excludes halogenated alkanes) is 7. The molecule has 0 aliphatic rings. The zero-order chi connectivity index (χ0) is 30.9. The third-order valence-corrected chi connectivity index (χ3v) is 7.95. The minimum absolute atomic E-state index is 0.485. The molecule has 0 spiro atoms. The topological polar surface area (TPSA) is 0 Å². The van der Waals surface area contributed by atoms with E-state index in [1.807, 2.05) is 0 Å². The Morgan fingerprint density at radius 2 is 0.590 bits per heavy atom. The van der Waals surface area contributed by atoms with E-state index >= 15 is 0 Å². The average molecular weight is 553 g/mol. The fourth-order valence-corrected chi connectivity index (χ4v) is 5.11. The summed E-state index contributed by atoms with van der Waals surface area (Å²) in [5.41, 5.74) is 0.485. The second kappa shape index (κ2) is 28.1. The maximum absolute atomic E-state index is 2.39. The number of hydrogen-bond acceptors (Lipinski definition) is 0. The minimum atomic E-state index is 0.485. The van der Waals surface area contributed by atoms with Crippen molar-refractivity contribution in [1.82, 2.24) is 0 Å². The molecule has 0 aromatic rings. The first kappa shape index (κ1) is 43.5. The van der Waals surface area contributed by atoms with Crippen molar-refractivity contribution in [3.8, 4) is 0 Å². The Labute approximate surface area is 253 Å². The van der Waals surface area contributed by atoms with Crippen LogP contribution in [0, 0.1) is 46.8 Å². The zero-order valence-electron chi connectivity index (χ0n) is 30.9. The lowest BCUT2D eigenvalue weighted by atomic mass is 9.73. The molecule has 0 N–H and O–H groups in total. The first-order valence-electron chi connectivity index (χ1n) is 18.0. The molecule has 0 radical (unpaired) electrons. The van der Waals surface area contributed by atoms with E-state index in [1.165, 1.54) is 103 Å². The summed E-state index contributed by atoms with van der Waals surface area (Å²) in [5, 5.41) is 0. The molecule has 0 fully saturated rings. The highest BCUT2D eigenvalue weighted by Gasteiger charge is 2.24. The molecular formula is C39H84. The van der Waals surface area contributed by atoms with Crippen LogP contribution < -0.4 is 0 Å². The molecule has 0 aliphatic carbocycles. The third-order valence-electron chi connectivity index (χ3n) is 7.95. The molecule has 0 rings (SSSR count). The van der Waals surface area contributed by atoms with Crippen molar-refractivity contribution in [3.05, 3.63) is 0 Å². The molecule has 0 aliphatic heterocycles. The predicted molar refractivity (Wildman–Crippen MR) is 186 cm³/mol. The number of rotatable bonds is 20. The van der Waals surface area contributed by atoms with E-state index in [0.717, 1.165) is 41.4 Å². The van der Waals surface area contributed by atoms with Gasteiger partial charge in [0.05, 0.1) is 0 Å². The fraction of sp³-hybridized carbons (Fsp3) is 1.00. The van der Waals surface area contributed by atoms with Crippen LogP contribution in [0.1, 0.15) is 207 Å². The van der Waals surface area contributed by atoms with Crippen molar-refractivity contribution in [3.63, 3.8) is 0 Å². The highest BCUT2D eigenvalue weighted by molar-refractivity contribution is 4.75. The van der Waals surface area contributed by atoms with Gasteiger partial charge in [-0.15, -0.1) is 0 Å². The van der Waals surface area contributed by atoms with Crippen LogP contribution in [0.2, 0.25) is 0 Å². The standard InChI is InChI=1S/C16H34.C14H30.C9H20/c1-15(2)13-11-9-7-5-6-8-10-12-14-16(3)4;1-11(2)8-9-13(10-12(3)4)14(5,6)7;1-8(2)6-5-7-9(3)4/h15-16H,5-14H2,1-4H3;11-13H,8-10H2,1-7H3;8-9H,5-7H2,1-4H3. The first-order valence-corrected chi connectivity index (χ1v) is 18.0. The predicted octanol–water partition coefficient (Wildman–Crippen LogP) is 14.8. The Kier molecular flexibility index (Phi) is 31.3. The highest BCUT2D eigenvalue weighted by atomic mass is 14.3. The van der Waals surface area contributed by atoms with E-state index in [9.17, 15) is 0 Å². The second-order valence-corrected chi connectivity index (χ2v) is 16.6. The molecule has 0 heteroatoms. The maximum atomic E-state index is 2.39. The van der Waals surface area contributed by atoms with Crippen LogP contribution in [0.5, 0.6) is 0 Å². The van der Waals surface area contributed by atoms with E-state index < -0.39 is 0 Å². The molecule has 0 saturated heterocycles. The van der Waals surface area contributed by atoms with Gasteiger partial charge in [-0.2, -0.15) is 0 Å². The second-order valence-electron chi connectivity index (χ2n) is 16.6. The van der Waals surface area contributed by atoms with Crippen LogP contribution in [0.4, 0.5) is 0 Å². The van der Waals surface area contributed by atoms with E-state index in [0.29, 0.717) is 5.41 Å². The largest absolute Gasteiger partial charge is 0.0628 e. The first-order chi connectivity index (χ1) is 18.0. The molecule has 1 unspecified atom stereocenters. The van der Waals surface area contributed by atoms with E-state index in [4.69, 9.17) is 0 Å². The molecule has 0 nitrogen and oxygen atoms in total. The zero-order valence-corrected chi connectivity index (χ0v) is 30.9. The van der Waals surface area contributed by atoms with Crippen LogP contribution in [-0.4, -0.2) is 0 Å². The quantitative estimate of drug-likeness (QED) is 0.132. The van der Waals surface area contributed by atoms with Crippen LogP contribution >= 0.6 is 0 Å². The summed E-state index contributed by atoms with van der Waals surface area (Å²) in [4.78, 5) is 0. The fourth-order valence-electron chi connectivity index (χ4n) is 5.11. The van der Waals surface area contributed by atoms with Crippen LogP contribution in [0.15, 0.2) is 0 Å². The van der Waals surface area contributed by atoms with Crippen LogP contribution in [0.25, 0.3) is 0 Å². The summed E-state index contributed by atoms with van der Waals surface area (Å²) in [6.07, 6.45) is 22.9. The van der Waals surface area contributed by atoms with E-state index in [-0.39, 0.29) is 0 Å². The van der Waals surface area contributed by atoms with Crippen molar-refractivity contribution in [2.24, 2.45) is 46.8 Å². The van der Waals surface area contributed by atoms with E-state index in [2.05, 4.69) is 104 Å². The van der Waals surface area contributed by atoms with Gasteiger partial charge < -0.3 is 0 Å². The van der Waals surface area contributed by atoms with Gasteiger partial charge in [0, 0.05) is 0 Å². The Bertz CT molecular complexity index is 421. The molecule has 39 heavy (non-hydrogen) atoms. The van der Waals surface area contributed by atoms with Crippen molar-refractivity contribution in [2.75, 3.05) is 0 Å². The molecule has 0 aromatic carbocycles. The lowest BCUT2D eigenvalue weighted by molar-refractivity contribution is 0.182. The van der Waals surface area contributed by atoms with Gasteiger partial charge in [-0.25, -0.2) is 0 Å². The molecule has 0 aromatic heterocycles. The number of hydrogen-bond donors (Lipinski definition) is 0. The van der Waals surface area contributed by atoms with Gasteiger partial charge in [-0.1, -0.05) is 194 Å². The van der Waals surface area contributed by atoms with Gasteiger partial charge in [-0.05, 0) is 59.7 Å². The molecule has 0 heterocycles. The average Bonchev–Trinajstić information content (AvgIpc) is 2.76. The van der Waals surface area contributed by atoms with Gasteiger partial charge in [0.15, 0.2) is 0 Å².